The van der Waals surface area contributed by atoms with Crippen LogP contribution in [0.15, 0.2) is 194 Å². The number of nitrogens with zero attached hydrogens (tertiary/aromatic N) is 2. The fraction of sp³-hybridized carbons (Fsp3) is 0. The van der Waals surface area contributed by atoms with Crippen LogP contribution in [0.3, 0.4) is 0 Å². The molecule has 0 spiro atoms. The maximum absolute atomic E-state index is 2.41. The lowest BCUT2D eigenvalue weighted by atomic mass is 10.0. The van der Waals surface area contributed by atoms with Crippen LogP contribution in [0.1, 0.15) is 0 Å². The fourth-order valence-corrected chi connectivity index (χ4v) is 8.63. The summed E-state index contributed by atoms with van der Waals surface area (Å²) >= 11 is 1.86. The van der Waals surface area contributed by atoms with Gasteiger partial charge in [0.25, 0.3) is 0 Å². The number of rotatable bonds is 6. The summed E-state index contributed by atoms with van der Waals surface area (Å²) in [4.78, 5) is 2.35. The lowest BCUT2D eigenvalue weighted by Crippen LogP contribution is -2.10. The van der Waals surface area contributed by atoms with Crippen LogP contribution in [-0.2, 0) is 0 Å². The highest BCUT2D eigenvalue weighted by Gasteiger charge is 2.18. The first kappa shape index (κ1) is 29.5. The summed E-state index contributed by atoms with van der Waals surface area (Å²) in [5.74, 6) is 0. The molecule has 0 unspecified atom stereocenters. The molecule has 0 bridgehead atoms. The third-order valence-electron chi connectivity index (χ3n) is 9.98. The Hall–Kier alpha value is -6.42. The highest BCUT2D eigenvalue weighted by molar-refractivity contribution is 7.25. The minimum Gasteiger partial charge on any atom is -0.310 e. The van der Waals surface area contributed by atoms with Crippen molar-refractivity contribution in [3.63, 3.8) is 0 Å². The van der Waals surface area contributed by atoms with Crippen molar-refractivity contribution in [3.05, 3.63) is 194 Å². The first-order chi connectivity index (χ1) is 25.3. The van der Waals surface area contributed by atoms with Crippen LogP contribution in [0, 0.1) is 0 Å². The molecule has 0 fully saturated rings. The molecule has 10 rings (SSSR count). The zero-order chi connectivity index (χ0) is 33.7. The van der Waals surface area contributed by atoms with Gasteiger partial charge in [-0.1, -0.05) is 115 Å². The van der Waals surface area contributed by atoms with Crippen molar-refractivity contribution in [2.75, 3.05) is 4.90 Å². The average molecular weight is 669 g/mol. The van der Waals surface area contributed by atoms with Gasteiger partial charge in [-0.2, -0.15) is 0 Å². The van der Waals surface area contributed by atoms with E-state index < -0.39 is 0 Å². The van der Waals surface area contributed by atoms with E-state index in [1.807, 2.05) is 11.3 Å². The molecule has 0 atom stereocenters. The lowest BCUT2D eigenvalue weighted by molar-refractivity contribution is 1.18. The summed E-state index contributed by atoms with van der Waals surface area (Å²) in [5.41, 5.74) is 11.7. The molecule has 0 N–H and O–H groups in total. The molecular weight excluding hydrogens is 637 g/mol. The van der Waals surface area contributed by atoms with Crippen LogP contribution in [0.4, 0.5) is 17.1 Å². The van der Waals surface area contributed by atoms with E-state index in [-0.39, 0.29) is 0 Å². The molecule has 10 aromatic rings. The summed E-state index contributed by atoms with van der Waals surface area (Å²) in [6, 6.07) is 70.4. The number of anilines is 3. The van der Waals surface area contributed by atoms with Crippen molar-refractivity contribution in [1.29, 1.82) is 0 Å². The van der Waals surface area contributed by atoms with Gasteiger partial charge in [-0.3, -0.25) is 0 Å². The van der Waals surface area contributed by atoms with Crippen molar-refractivity contribution < 1.29 is 0 Å². The number of thiophene rings is 1. The van der Waals surface area contributed by atoms with E-state index in [1.165, 1.54) is 64.2 Å². The van der Waals surface area contributed by atoms with Gasteiger partial charge in [-0.15, -0.1) is 11.3 Å². The minimum atomic E-state index is 1.11. The topological polar surface area (TPSA) is 8.17 Å². The van der Waals surface area contributed by atoms with Crippen molar-refractivity contribution in [3.8, 4) is 27.9 Å². The molecular formula is C48H32N2S. The van der Waals surface area contributed by atoms with Crippen LogP contribution < -0.4 is 4.90 Å². The van der Waals surface area contributed by atoms with E-state index >= 15 is 0 Å². The highest BCUT2D eigenvalue weighted by Crippen LogP contribution is 2.42. The van der Waals surface area contributed by atoms with Gasteiger partial charge in [0.2, 0.25) is 0 Å². The normalized spacial score (nSPS) is 11.5. The summed E-state index contributed by atoms with van der Waals surface area (Å²) < 4.78 is 5.07. The second kappa shape index (κ2) is 12.2. The SMILES string of the molecule is c1ccc(-c2ccc(N(c3ccccc3)c3ccc4c5cc(-c6ccc7sc8ccccc8c7c6)ccc5n(-c5ccccc5)c4c3)cc2)cc1. The standard InChI is InChI=1S/C48H32N2S/c1-4-12-33(13-5-1)34-20-24-39(25-21-34)49(37-14-6-2-7-15-37)40-26-27-41-43-30-35(22-28-45(43)50(46(41)32-40)38-16-8-3-9-17-38)36-23-29-48-44(31-36)42-18-10-11-19-47(42)51-48/h1-32H. The maximum atomic E-state index is 2.41. The molecule has 8 aromatic carbocycles. The molecule has 0 amide bonds. The fourth-order valence-electron chi connectivity index (χ4n) is 7.55. The summed E-state index contributed by atoms with van der Waals surface area (Å²) in [6.45, 7) is 0. The van der Waals surface area contributed by atoms with E-state index in [4.69, 9.17) is 0 Å². The lowest BCUT2D eigenvalue weighted by Gasteiger charge is -2.26. The maximum Gasteiger partial charge on any atom is 0.0561 e. The van der Waals surface area contributed by atoms with E-state index in [2.05, 4.69) is 204 Å². The van der Waals surface area contributed by atoms with Gasteiger partial charge in [-0.05, 0) is 101 Å². The number of para-hydroxylation sites is 2. The summed E-state index contributed by atoms with van der Waals surface area (Å²) in [6.07, 6.45) is 0. The molecule has 0 radical (unpaired) electrons. The Morgan fingerprint density at radius 1 is 0.333 bits per heavy atom. The second-order valence-electron chi connectivity index (χ2n) is 13.0. The molecule has 0 aliphatic carbocycles. The Kier molecular flexibility index (Phi) is 7.04. The molecule has 0 saturated heterocycles. The molecule has 2 aromatic heterocycles. The molecule has 51 heavy (non-hydrogen) atoms. The Morgan fingerprint density at radius 2 is 0.902 bits per heavy atom. The van der Waals surface area contributed by atoms with Gasteiger partial charge in [0.1, 0.15) is 0 Å². The predicted molar refractivity (Wildman–Crippen MR) is 219 cm³/mol. The number of hydrogen-bond acceptors (Lipinski definition) is 2. The van der Waals surface area contributed by atoms with Gasteiger partial charge in [-0.25, -0.2) is 0 Å². The van der Waals surface area contributed by atoms with Crippen molar-refractivity contribution in [1.82, 2.24) is 4.57 Å². The third kappa shape index (κ3) is 5.10. The monoisotopic (exact) mass is 668 g/mol. The van der Waals surface area contributed by atoms with Crippen molar-refractivity contribution >= 4 is 70.4 Å². The van der Waals surface area contributed by atoms with Crippen molar-refractivity contribution in [2.45, 2.75) is 0 Å². The second-order valence-corrected chi connectivity index (χ2v) is 14.1. The van der Waals surface area contributed by atoms with E-state index in [0.717, 1.165) is 22.7 Å². The van der Waals surface area contributed by atoms with E-state index in [0.29, 0.717) is 0 Å². The quantitative estimate of drug-likeness (QED) is 0.171. The van der Waals surface area contributed by atoms with Crippen LogP contribution in [0.25, 0.3) is 69.9 Å². The molecule has 240 valence electrons. The molecule has 0 aliphatic rings. The van der Waals surface area contributed by atoms with Crippen LogP contribution >= 0.6 is 11.3 Å². The summed E-state index contributed by atoms with van der Waals surface area (Å²) in [5, 5.41) is 5.12. The Balaban J connectivity index is 1.15. The molecule has 0 saturated carbocycles. The first-order valence-electron chi connectivity index (χ1n) is 17.3. The minimum absolute atomic E-state index is 1.11. The Morgan fingerprint density at radius 3 is 1.69 bits per heavy atom. The van der Waals surface area contributed by atoms with Gasteiger partial charge >= 0.3 is 0 Å². The van der Waals surface area contributed by atoms with E-state index in [1.54, 1.807) is 0 Å². The van der Waals surface area contributed by atoms with E-state index in [9.17, 15) is 0 Å². The third-order valence-corrected chi connectivity index (χ3v) is 11.1. The zero-order valence-electron chi connectivity index (χ0n) is 27.8. The van der Waals surface area contributed by atoms with Crippen LogP contribution in [0.5, 0.6) is 0 Å². The number of hydrogen-bond donors (Lipinski definition) is 0. The highest BCUT2D eigenvalue weighted by atomic mass is 32.1. The number of fused-ring (bicyclic) bond motifs is 6. The van der Waals surface area contributed by atoms with Gasteiger partial charge in [0, 0.05) is 53.7 Å². The van der Waals surface area contributed by atoms with Crippen molar-refractivity contribution in [2.24, 2.45) is 0 Å². The van der Waals surface area contributed by atoms with Crippen LogP contribution in [0.2, 0.25) is 0 Å². The zero-order valence-corrected chi connectivity index (χ0v) is 28.6. The van der Waals surface area contributed by atoms with Crippen LogP contribution in [-0.4, -0.2) is 4.57 Å². The molecule has 3 heteroatoms. The smallest absolute Gasteiger partial charge is 0.0561 e. The summed E-state index contributed by atoms with van der Waals surface area (Å²) in [7, 11) is 0. The molecule has 0 aliphatic heterocycles. The van der Waals surface area contributed by atoms with Gasteiger partial charge in [0.15, 0.2) is 0 Å². The predicted octanol–water partition coefficient (Wildman–Crippen LogP) is 14.0. The number of benzene rings is 8. The first-order valence-corrected chi connectivity index (χ1v) is 18.2. The van der Waals surface area contributed by atoms with Gasteiger partial charge in [0.05, 0.1) is 11.0 Å². The van der Waals surface area contributed by atoms with Gasteiger partial charge < -0.3 is 9.47 Å². The Bertz CT molecular complexity index is 2830. The largest absolute Gasteiger partial charge is 0.310 e. The number of aromatic nitrogens is 1. The Labute approximate surface area is 300 Å². The molecule has 2 nitrogen and oxygen atoms in total. The average Bonchev–Trinajstić information content (AvgIpc) is 3.74. The molecule has 2 heterocycles.